The van der Waals surface area contributed by atoms with Crippen LogP contribution >= 0.6 is 0 Å². The molecule has 0 radical (unpaired) electrons. The third kappa shape index (κ3) is 4.80. The van der Waals surface area contributed by atoms with Gasteiger partial charge < -0.3 is 19.4 Å². The molecule has 8 heteroatoms. The van der Waals surface area contributed by atoms with E-state index in [-0.39, 0.29) is 12.3 Å². The summed E-state index contributed by atoms with van der Waals surface area (Å²) in [4.78, 5) is 24.9. The number of nitrogens with one attached hydrogen (secondary N) is 1. The minimum atomic E-state index is -0.559. The summed E-state index contributed by atoms with van der Waals surface area (Å²) in [5, 5.41) is 10.8. The Bertz CT molecular complexity index is 1390. The van der Waals surface area contributed by atoms with Crippen molar-refractivity contribution >= 4 is 11.0 Å². The Balaban J connectivity index is 1.29. The van der Waals surface area contributed by atoms with Crippen LogP contribution in [0.5, 0.6) is 5.75 Å². The summed E-state index contributed by atoms with van der Waals surface area (Å²) in [6, 6.07) is 12.2. The monoisotopic (exact) mass is 441 g/mol. The maximum Gasteiger partial charge on any atom is 0.293 e. The number of rotatable bonds is 4. The van der Waals surface area contributed by atoms with Gasteiger partial charge in [-0.25, -0.2) is 9.97 Å². The van der Waals surface area contributed by atoms with Crippen LogP contribution in [0.25, 0.3) is 11.0 Å². The van der Waals surface area contributed by atoms with Crippen molar-refractivity contribution in [3.8, 4) is 17.6 Å². The second kappa shape index (κ2) is 9.28. The topological polar surface area (TPSA) is 96.3 Å². The Morgan fingerprint density at radius 1 is 1.03 bits per heavy atom. The van der Waals surface area contributed by atoms with E-state index in [0.29, 0.717) is 5.69 Å². The molecule has 0 atom stereocenters. The molecule has 3 aromatic heterocycles. The lowest BCUT2D eigenvalue weighted by Gasteiger charge is -2.26. The second-order valence-corrected chi connectivity index (χ2v) is 7.94. The van der Waals surface area contributed by atoms with Gasteiger partial charge in [-0.15, -0.1) is 0 Å². The van der Waals surface area contributed by atoms with E-state index in [9.17, 15) is 9.90 Å². The third-order valence-electron chi connectivity index (χ3n) is 5.64. The number of morpholine rings is 1. The molecule has 0 amide bonds. The Morgan fingerprint density at radius 3 is 2.64 bits per heavy atom. The van der Waals surface area contributed by atoms with Gasteiger partial charge in [-0.1, -0.05) is 24.0 Å². The number of fused-ring (bicyclic) bond motifs is 1. The highest BCUT2D eigenvalue weighted by Gasteiger charge is 2.11. The molecule has 1 aromatic carbocycles. The van der Waals surface area contributed by atoms with Crippen LogP contribution in [-0.4, -0.2) is 55.8 Å². The maximum atomic E-state index is 11.6. The fourth-order valence-corrected chi connectivity index (χ4v) is 3.84. The Labute approximate surface area is 190 Å². The number of hydrogen-bond acceptors (Lipinski definition) is 6. The fraction of sp³-hybridized carbons (Fsp3) is 0.240. The van der Waals surface area contributed by atoms with Crippen molar-refractivity contribution in [1.29, 1.82) is 0 Å². The molecule has 0 unspecified atom stereocenters. The number of ether oxygens (including phenoxy) is 1. The molecule has 1 aliphatic heterocycles. The summed E-state index contributed by atoms with van der Waals surface area (Å²) in [6.45, 7) is 4.72. The Hall–Kier alpha value is -3.93. The number of aromatic amines is 1. The summed E-state index contributed by atoms with van der Waals surface area (Å²) in [5.41, 5.74) is 3.50. The molecular weight excluding hydrogens is 418 g/mol. The van der Waals surface area contributed by atoms with Crippen molar-refractivity contribution < 1.29 is 9.84 Å². The van der Waals surface area contributed by atoms with E-state index in [2.05, 4.69) is 43.8 Å². The van der Waals surface area contributed by atoms with Gasteiger partial charge in [0.25, 0.3) is 5.56 Å². The van der Waals surface area contributed by atoms with Crippen molar-refractivity contribution in [1.82, 2.24) is 24.4 Å². The molecule has 0 aliphatic carbocycles. The van der Waals surface area contributed by atoms with Gasteiger partial charge in [0.15, 0.2) is 0 Å². The first-order valence-corrected chi connectivity index (χ1v) is 10.8. The van der Waals surface area contributed by atoms with Crippen molar-refractivity contribution in [3.05, 3.63) is 87.9 Å². The average molecular weight is 441 g/mol. The summed E-state index contributed by atoms with van der Waals surface area (Å²) < 4.78 is 7.24. The number of aromatic nitrogens is 4. The van der Waals surface area contributed by atoms with E-state index in [4.69, 9.17) is 4.74 Å². The maximum absolute atomic E-state index is 11.6. The van der Waals surface area contributed by atoms with E-state index in [0.717, 1.165) is 55.0 Å². The van der Waals surface area contributed by atoms with E-state index >= 15 is 0 Å². The molecule has 166 valence electrons. The van der Waals surface area contributed by atoms with Gasteiger partial charge in [0.2, 0.25) is 5.75 Å². The van der Waals surface area contributed by atoms with Gasteiger partial charge in [-0.2, -0.15) is 0 Å². The zero-order valence-electron chi connectivity index (χ0n) is 18.0. The van der Waals surface area contributed by atoms with Gasteiger partial charge in [-0.05, 0) is 29.8 Å². The number of H-pyrrole nitrogens is 1. The average Bonchev–Trinajstić information content (AvgIpc) is 3.24. The van der Waals surface area contributed by atoms with Crippen molar-refractivity contribution in [2.75, 3.05) is 26.3 Å². The van der Waals surface area contributed by atoms with Gasteiger partial charge in [0.1, 0.15) is 11.3 Å². The SMILES string of the molecule is O=c1[nH]cnc(Cn2ccc3cc(C#Cc4ccc(CN5CCOCC5)cc4)cnc32)c1O. The molecule has 4 heterocycles. The molecule has 8 nitrogen and oxygen atoms in total. The van der Waals surface area contributed by atoms with Crippen LogP contribution in [0, 0.1) is 11.8 Å². The molecule has 33 heavy (non-hydrogen) atoms. The minimum Gasteiger partial charge on any atom is -0.502 e. The Morgan fingerprint density at radius 2 is 1.82 bits per heavy atom. The smallest absolute Gasteiger partial charge is 0.293 e. The molecule has 1 fully saturated rings. The van der Waals surface area contributed by atoms with E-state index in [1.165, 1.54) is 11.9 Å². The second-order valence-electron chi connectivity index (χ2n) is 7.94. The number of aromatic hydroxyl groups is 1. The van der Waals surface area contributed by atoms with Crippen LogP contribution in [0.4, 0.5) is 0 Å². The van der Waals surface area contributed by atoms with Crippen LogP contribution in [0.2, 0.25) is 0 Å². The van der Waals surface area contributed by atoms with Crippen LogP contribution in [0.1, 0.15) is 22.4 Å². The zero-order chi connectivity index (χ0) is 22.6. The molecular formula is C25H23N5O3. The predicted molar refractivity (Wildman–Crippen MR) is 124 cm³/mol. The molecule has 0 bridgehead atoms. The summed E-state index contributed by atoms with van der Waals surface area (Å²) in [7, 11) is 0. The van der Waals surface area contributed by atoms with Gasteiger partial charge >= 0.3 is 0 Å². The molecule has 0 spiro atoms. The first-order chi connectivity index (χ1) is 16.2. The largest absolute Gasteiger partial charge is 0.502 e. The highest BCUT2D eigenvalue weighted by atomic mass is 16.5. The van der Waals surface area contributed by atoms with E-state index in [1.54, 1.807) is 6.20 Å². The molecule has 5 rings (SSSR count). The quantitative estimate of drug-likeness (QED) is 0.471. The van der Waals surface area contributed by atoms with Crippen LogP contribution in [0.15, 0.2) is 59.9 Å². The lowest BCUT2D eigenvalue weighted by atomic mass is 10.1. The zero-order valence-corrected chi connectivity index (χ0v) is 18.0. The minimum absolute atomic E-state index is 0.244. The number of hydrogen-bond donors (Lipinski definition) is 2. The van der Waals surface area contributed by atoms with Crippen LogP contribution < -0.4 is 5.56 Å². The van der Waals surface area contributed by atoms with Crippen LogP contribution in [-0.2, 0) is 17.8 Å². The number of benzene rings is 1. The molecule has 1 saturated heterocycles. The van der Waals surface area contributed by atoms with Gasteiger partial charge in [0.05, 0.1) is 26.1 Å². The number of nitrogens with zero attached hydrogens (tertiary/aromatic N) is 4. The Kier molecular flexibility index (Phi) is 5.89. The van der Waals surface area contributed by atoms with E-state index in [1.807, 2.05) is 35.0 Å². The highest BCUT2D eigenvalue weighted by Crippen LogP contribution is 2.18. The molecule has 4 aromatic rings. The normalized spacial score (nSPS) is 14.2. The van der Waals surface area contributed by atoms with Gasteiger partial charge in [0, 0.05) is 48.5 Å². The van der Waals surface area contributed by atoms with Gasteiger partial charge in [-0.3, -0.25) is 9.69 Å². The van der Waals surface area contributed by atoms with E-state index < -0.39 is 5.56 Å². The standard InChI is InChI=1S/C25H23N5O3/c31-23-22(27-17-28-25(23)32)16-30-8-7-21-13-20(14-26-24(21)30)6-3-18-1-4-19(5-2-18)15-29-9-11-33-12-10-29/h1-2,4-5,7-8,13-14,17,31H,9-12,15-16H2,(H,27,28,32). The summed E-state index contributed by atoms with van der Waals surface area (Å²) in [6.07, 6.45) is 4.85. The first-order valence-electron chi connectivity index (χ1n) is 10.8. The summed E-state index contributed by atoms with van der Waals surface area (Å²) >= 11 is 0. The first kappa shape index (κ1) is 20.9. The summed E-state index contributed by atoms with van der Waals surface area (Å²) in [5.74, 6) is 6.01. The van der Waals surface area contributed by atoms with Crippen LogP contribution in [0.3, 0.4) is 0 Å². The number of pyridine rings is 1. The predicted octanol–water partition coefficient (Wildman–Crippen LogP) is 2.11. The highest BCUT2D eigenvalue weighted by molar-refractivity contribution is 5.77. The molecule has 0 saturated carbocycles. The lowest BCUT2D eigenvalue weighted by molar-refractivity contribution is 0.0342. The lowest BCUT2D eigenvalue weighted by Crippen LogP contribution is -2.35. The third-order valence-corrected chi connectivity index (χ3v) is 5.64. The van der Waals surface area contributed by atoms with Crippen molar-refractivity contribution in [2.24, 2.45) is 0 Å². The van der Waals surface area contributed by atoms with Crippen molar-refractivity contribution in [3.63, 3.8) is 0 Å². The molecule has 1 aliphatic rings. The van der Waals surface area contributed by atoms with Crippen molar-refractivity contribution in [2.45, 2.75) is 13.1 Å². The fourth-order valence-electron chi connectivity index (χ4n) is 3.84. The molecule has 2 N–H and O–H groups in total.